The van der Waals surface area contributed by atoms with Gasteiger partial charge in [0, 0.05) is 18.8 Å². The van der Waals surface area contributed by atoms with Crippen LogP contribution in [0.3, 0.4) is 0 Å². The number of hydrogen-bond acceptors (Lipinski definition) is 4. The number of hydrogen-bond donors (Lipinski definition) is 2. The van der Waals surface area contributed by atoms with Gasteiger partial charge in [-0.15, -0.1) is 0 Å². The molecule has 2 rings (SSSR count). The minimum absolute atomic E-state index is 0.574. The fourth-order valence-electron chi connectivity index (χ4n) is 1.84. The molecule has 4 heteroatoms. The number of aromatic nitrogens is 1. The lowest BCUT2D eigenvalue weighted by molar-refractivity contribution is 0.414. The van der Waals surface area contributed by atoms with Gasteiger partial charge in [-0.25, -0.2) is 0 Å². The minimum atomic E-state index is 0.574. The lowest BCUT2D eigenvalue weighted by Gasteiger charge is -2.11. The Kier molecular flexibility index (Phi) is 4.36. The van der Waals surface area contributed by atoms with Crippen molar-refractivity contribution < 1.29 is 4.74 Å². The van der Waals surface area contributed by atoms with Crippen molar-refractivity contribution in [3.63, 3.8) is 0 Å². The van der Waals surface area contributed by atoms with E-state index in [0.717, 1.165) is 29.2 Å². The number of nitrogens with one attached hydrogen (secondary N) is 1. The van der Waals surface area contributed by atoms with Crippen LogP contribution in [0.5, 0.6) is 5.75 Å². The largest absolute Gasteiger partial charge is 0.493 e. The Balaban J connectivity index is 2.07. The average Bonchev–Trinajstić information content (AvgIpc) is 2.46. The van der Waals surface area contributed by atoms with E-state index in [-0.39, 0.29) is 0 Å². The van der Waals surface area contributed by atoms with E-state index in [0.29, 0.717) is 6.54 Å². The van der Waals surface area contributed by atoms with Gasteiger partial charge in [-0.3, -0.25) is 4.98 Å². The first-order valence-electron chi connectivity index (χ1n) is 6.25. The van der Waals surface area contributed by atoms with Gasteiger partial charge in [0.1, 0.15) is 0 Å². The summed E-state index contributed by atoms with van der Waals surface area (Å²) < 4.78 is 5.28. The van der Waals surface area contributed by atoms with Crippen molar-refractivity contribution in [2.24, 2.45) is 5.73 Å². The molecule has 4 nitrogen and oxygen atoms in total. The first-order valence-corrected chi connectivity index (χ1v) is 6.25. The lowest BCUT2D eigenvalue weighted by atomic mass is 10.1. The second kappa shape index (κ2) is 6.20. The van der Waals surface area contributed by atoms with Crippen molar-refractivity contribution >= 4 is 5.69 Å². The molecule has 100 valence electrons. The summed E-state index contributed by atoms with van der Waals surface area (Å²) >= 11 is 0. The zero-order chi connectivity index (χ0) is 13.7. The van der Waals surface area contributed by atoms with Crippen molar-refractivity contribution in [1.29, 1.82) is 0 Å². The van der Waals surface area contributed by atoms with Crippen LogP contribution in [0.4, 0.5) is 5.69 Å². The van der Waals surface area contributed by atoms with E-state index >= 15 is 0 Å². The maximum absolute atomic E-state index is 5.58. The molecule has 1 aromatic carbocycles. The van der Waals surface area contributed by atoms with Crippen LogP contribution in [0, 0.1) is 6.92 Å². The summed E-state index contributed by atoms with van der Waals surface area (Å²) in [5.74, 6) is 0.754. The average molecular weight is 257 g/mol. The predicted molar refractivity (Wildman–Crippen MR) is 77.2 cm³/mol. The molecule has 1 aromatic heterocycles. The van der Waals surface area contributed by atoms with E-state index in [4.69, 9.17) is 10.5 Å². The third kappa shape index (κ3) is 3.45. The predicted octanol–water partition coefficient (Wildman–Crippen LogP) is 2.47. The van der Waals surface area contributed by atoms with Gasteiger partial charge in [0.05, 0.1) is 19.0 Å². The Morgan fingerprint density at radius 2 is 1.89 bits per heavy atom. The third-order valence-corrected chi connectivity index (χ3v) is 2.97. The molecule has 0 unspecified atom stereocenters. The van der Waals surface area contributed by atoms with E-state index < -0.39 is 0 Å². The molecule has 0 bridgehead atoms. The van der Waals surface area contributed by atoms with Crippen LogP contribution in [-0.4, -0.2) is 12.1 Å². The molecule has 0 radical (unpaired) electrons. The maximum atomic E-state index is 5.58. The summed E-state index contributed by atoms with van der Waals surface area (Å²) in [6.07, 6.45) is 1.73. The van der Waals surface area contributed by atoms with Gasteiger partial charge in [0.15, 0.2) is 5.75 Å². The number of anilines is 1. The molecule has 0 atom stereocenters. The molecule has 2 aromatic rings. The van der Waals surface area contributed by atoms with Crippen molar-refractivity contribution in [3.8, 4) is 5.75 Å². The van der Waals surface area contributed by atoms with Gasteiger partial charge in [-0.1, -0.05) is 24.3 Å². The van der Waals surface area contributed by atoms with Gasteiger partial charge in [-0.2, -0.15) is 0 Å². The second-order valence-electron chi connectivity index (χ2n) is 4.40. The standard InChI is InChI=1S/C15H19N3O/c1-11-7-14(15(19-2)10-17-11)18-9-13-5-3-12(8-16)4-6-13/h3-7,10H,8-9,16H2,1-2H3,(H,17,18). The van der Waals surface area contributed by atoms with Crippen LogP contribution in [0.15, 0.2) is 36.5 Å². The molecule has 0 fully saturated rings. The number of pyridine rings is 1. The minimum Gasteiger partial charge on any atom is -0.493 e. The zero-order valence-electron chi connectivity index (χ0n) is 11.3. The molecule has 19 heavy (non-hydrogen) atoms. The highest BCUT2D eigenvalue weighted by molar-refractivity contribution is 5.56. The molecular formula is C15H19N3O. The van der Waals surface area contributed by atoms with Gasteiger partial charge in [0.2, 0.25) is 0 Å². The number of rotatable bonds is 5. The molecule has 0 aliphatic rings. The first kappa shape index (κ1) is 13.4. The van der Waals surface area contributed by atoms with E-state index in [1.54, 1.807) is 13.3 Å². The number of nitrogens with two attached hydrogens (primary N) is 1. The zero-order valence-corrected chi connectivity index (χ0v) is 11.3. The highest BCUT2D eigenvalue weighted by Gasteiger charge is 2.03. The number of ether oxygens (including phenoxy) is 1. The Morgan fingerprint density at radius 1 is 1.21 bits per heavy atom. The topological polar surface area (TPSA) is 60.2 Å². The molecule has 1 heterocycles. The van der Waals surface area contributed by atoms with E-state index in [1.807, 2.05) is 25.1 Å². The summed E-state index contributed by atoms with van der Waals surface area (Å²) in [7, 11) is 1.65. The van der Waals surface area contributed by atoms with Crippen molar-refractivity contribution in [1.82, 2.24) is 4.98 Å². The normalized spacial score (nSPS) is 10.3. The summed E-state index contributed by atoms with van der Waals surface area (Å²) in [4.78, 5) is 4.21. The highest BCUT2D eigenvalue weighted by atomic mass is 16.5. The fourth-order valence-corrected chi connectivity index (χ4v) is 1.84. The van der Waals surface area contributed by atoms with Crippen molar-refractivity contribution in [2.75, 3.05) is 12.4 Å². The van der Waals surface area contributed by atoms with E-state index in [2.05, 4.69) is 22.4 Å². The van der Waals surface area contributed by atoms with Crippen LogP contribution in [0.25, 0.3) is 0 Å². The molecule has 0 aliphatic heterocycles. The van der Waals surface area contributed by atoms with Crippen LogP contribution >= 0.6 is 0 Å². The molecule has 0 saturated carbocycles. The number of nitrogens with zero attached hydrogens (tertiary/aromatic N) is 1. The van der Waals surface area contributed by atoms with Crippen molar-refractivity contribution in [2.45, 2.75) is 20.0 Å². The van der Waals surface area contributed by atoms with Gasteiger partial charge in [-0.05, 0) is 24.1 Å². The maximum Gasteiger partial charge on any atom is 0.160 e. The van der Waals surface area contributed by atoms with Crippen LogP contribution < -0.4 is 15.8 Å². The van der Waals surface area contributed by atoms with Crippen LogP contribution in [0.1, 0.15) is 16.8 Å². The Morgan fingerprint density at radius 3 is 2.53 bits per heavy atom. The van der Waals surface area contributed by atoms with Crippen molar-refractivity contribution in [3.05, 3.63) is 53.3 Å². The summed E-state index contributed by atoms with van der Waals surface area (Å²) in [5, 5.41) is 3.36. The SMILES string of the molecule is COc1cnc(C)cc1NCc1ccc(CN)cc1. The number of methoxy groups -OCH3 is 1. The van der Waals surface area contributed by atoms with Crippen LogP contribution in [0.2, 0.25) is 0 Å². The molecule has 0 saturated heterocycles. The molecule has 0 aliphatic carbocycles. The molecular weight excluding hydrogens is 238 g/mol. The Hall–Kier alpha value is -2.07. The third-order valence-electron chi connectivity index (χ3n) is 2.97. The molecule has 3 N–H and O–H groups in total. The fraction of sp³-hybridized carbons (Fsp3) is 0.267. The summed E-state index contributed by atoms with van der Waals surface area (Å²) in [5.41, 5.74) is 9.84. The number of aryl methyl sites for hydroxylation is 1. The summed E-state index contributed by atoms with van der Waals surface area (Å²) in [6.45, 7) is 3.27. The highest BCUT2D eigenvalue weighted by Crippen LogP contribution is 2.24. The Bertz CT molecular complexity index is 538. The van der Waals surface area contributed by atoms with E-state index in [9.17, 15) is 0 Å². The lowest BCUT2D eigenvalue weighted by Crippen LogP contribution is -2.03. The Labute approximate surface area is 113 Å². The quantitative estimate of drug-likeness (QED) is 0.864. The first-order chi connectivity index (χ1) is 9.22. The van der Waals surface area contributed by atoms with Gasteiger partial charge in [0.25, 0.3) is 0 Å². The van der Waals surface area contributed by atoms with Crippen LogP contribution in [-0.2, 0) is 13.1 Å². The monoisotopic (exact) mass is 257 g/mol. The molecule has 0 spiro atoms. The van der Waals surface area contributed by atoms with Gasteiger partial charge >= 0.3 is 0 Å². The smallest absolute Gasteiger partial charge is 0.160 e. The second-order valence-corrected chi connectivity index (χ2v) is 4.40. The molecule has 0 amide bonds. The summed E-state index contributed by atoms with van der Waals surface area (Å²) in [6, 6.07) is 10.2. The number of benzene rings is 1. The van der Waals surface area contributed by atoms with E-state index in [1.165, 1.54) is 5.56 Å². The van der Waals surface area contributed by atoms with Gasteiger partial charge < -0.3 is 15.8 Å².